The molecule has 1 heterocycles. The number of hydrogen-bond donors (Lipinski definition) is 2. The molecule has 0 bridgehead atoms. The number of phenols is 1. The molecule has 5 heteroatoms. The molecule has 0 aliphatic rings. The number of nitrogens with zero attached hydrogens (tertiary/aromatic N) is 1. The Morgan fingerprint density at radius 3 is 2.42 bits per heavy atom. The highest BCUT2D eigenvalue weighted by Crippen LogP contribution is 2.28. The number of phenolic OH excluding ortho intramolecular Hbond substituents is 1. The van der Waals surface area contributed by atoms with Crippen molar-refractivity contribution in [3.8, 4) is 17.0 Å². The number of thiazole rings is 1. The molecule has 0 fully saturated rings. The Hall–Kier alpha value is -2.66. The Labute approximate surface area is 144 Å². The first kappa shape index (κ1) is 16.2. The van der Waals surface area contributed by atoms with Crippen LogP contribution in [-0.2, 0) is 6.42 Å². The zero-order valence-electron chi connectivity index (χ0n) is 13.5. The van der Waals surface area contributed by atoms with Crippen LogP contribution in [0, 0.1) is 6.92 Å². The van der Waals surface area contributed by atoms with Crippen LogP contribution in [0.15, 0.2) is 48.5 Å². The van der Waals surface area contributed by atoms with Crippen molar-refractivity contribution in [3.63, 3.8) is 0 Å². The van der Waals surface area contributed by atoms with Gasteiger partial charge in [-0.15, -0.1) is 11.3 Å². The number of aromatic nitrogens is 1. The van der Waals surface area contributed by atoms with Crippen LogP contribution in [0.25, 0.3) is 11.3 Å². The molecule has 0 spiro atoms. The fourth-order valence-corrected chi connectivity index (χ4v) is 3.36. The van der Waals surface area contributed by atoms with Gasteiger partial charge in [-0.1, -0.05) is 19.1 Å². The van der Waals surface area contributed by atoms with Crippen molar-refractivity contribution in [2.75, 3.05) is 5.32 Å². The molecule has 2 aromatic carbocycles. The molecule has 1 aromatic heterocycles. The van der Waals surface area contributed by atoms with Crippen LogP contribution in [0.4, 0.5) is 5.69 Å². The van der Waals surface area contributed by atoms with Crippen molar-refractivity contribution in [2.45, 2.75) is 20.3 Å². The van der Waals surface area contributed by atoms with Crippen molar-refractivity contribution < 1.29 is 9.90 Å². The van der Waals surface area contributed by atoms with E-state index in [-0.39, 0.29) is 11.7 Å². The number of carbonyl (C=O) groups excluding carboxylic acids is 1. The van der Waals surface area contributed by atoms with Crippen LogP contribution in [0.1, 0.15) is 27.2 Å². The number of amides is 1. The van der Waals surface area contributed by atoms with E-state index in [1.165, 1.54) is 17.0 Å². The number of aryl methyl sites for hydroxylation is 2. The maximum Gasteiger partial charge on any atom is 0.255 e. The molecule has 3 rings (SSSR count). The quantitative estimate of drug-likeness (QED) is 0.681. The van der Waals surface area contributed by atoms with Crippen molar-refractivity contribution in [3.05, 3.63) is 64.0 Å². The van der Waals surface area contributed by atoms with Crippen molar-refractivity contribution >= 4 is 22.9 Å². The highest BCUT2D eigenvalue weighted by molar-refractivity contribution is 7.12. The maximum atomic E-state index is 12.3. The van der Waals surface area contributed by atoms with Crippen LogP contribution < -0.4 is 5.32 Å². The molecule has 3 aromatic rings. The molecule has 0 saturated heterocycles. The van der Waals surface area contributed by atoms with Gasteiger partial charge < -0.3 is 10.4 Å². The van der Waals surface area contributed by atoms with E-state index >= 15 is 0 Å². The summed E-state index contributed by atoms with van der Waals surface area (Å²) in [7, 11) is 0. The second kappa shape index (κ2) is 6.84. The second-order valence-electron chi connectivity index (χ2n) is 5.44. The molecule has 2 N–H and O–H groups in total. The summed E-state index contributed by atoms with van der Waals surface area (Å²) in [6, 6.07) is 13.9. The van der Waals surface area contributed by atoms with Gasteiger partial charge in [0.25, 0.3) is 5.91 Å². The van der Waals surface area contributed by atoms with Crippen molar-refractivity contribution in [1.82, 2.24) is 4.98 Å². The number of anilines is 1. The monoisotopic (exact) mass is 338 g/mol. The smallest absolute Gasteiger partial charge is 0.255 e. The van der Waals surface area contributed by atoms with Crippen LogP contribution in [-0.4, -0.2) is 16.0 Å². The van der Waals surface area contributed by atoms with Gasteiger partial charge in [0.1, 0.15) is 5.75 Å². The van der Waals surface area contributed by atoms with E-state index in [2.05, 4.69) is 17.2 Å². The van der Waals surface area contributed by atoms with Gasteiger partial charge in [-0.3, -0.25) is 4.79 Å². The molecule has 0 saturated carbocycles. The maximum absolute atomic E-state index is 12.3. The minimum absolute atomic E-state index is 0.169. The lowest BCUT2D eigenvalue weighted by Crippen LogP contribution is -2.11. The lowest BCUT2D eigenvalue weighted by molar-refractivity contribution is 0.102. The molecule has 0 unspecified atom stereocenters. The SMILES string of the molecule is CCc1sc(C)nc1-c1ccc(C(=O)Nc2ccc(O)cc2)cc1. The molecule has 0 atom stereocenters. The van der Waals surface area contributed by atoms with Gasteiger partial charge in [0.15, 0.2) is 0 Å². The third-order valence-corrected chi connectivity index (χ3v) is 4.79. The average Bonchev–Trinajstić information content (AvgIpc) is 2.98. The van der Waals surface area contributed by atoms with Crippen molar-refractivity contribution in [2.24, 2.45) is 0 Å². The number of nitrogens with one attached hydrogen (secondary N) is 1. The largest absolute Gasteiger partial charge is 0.508 e. The lowest BCUT2D eigenvalue weighted by Gasteiger charge is -2.06. The normalized spacial score (nSPS) is 10.6. The highest BCUT2D eigenvalue weighted by Gasteiger charge is 2.11. The molecule has 122 valence electrons. The Morgan fingerprint density at radius 1 is 1.12 bits per heavy atom. The standard InChI is InChI=1S/C19H18N2O2S/c1-3-17-18(20-12(2)24-17)13-4-6-14(7-5-13)19(23)21-15-8-10-16(22)11-9-15/h4-11,22H,3H2,1-2H3,(H,21,23). The summed E-state index contributed by atoms with van der Waals surface area (Å²) in [5.74, 6) is -0.0138. The Kier molecular flexibility index (Phi) is 4.62. The van der Waals surface area contributed by atoms with E-state index in [0.717, 1.165) is 22.7 Å². The van der Waals surface area contributed by atoms with Gasteiger partial charge in [0, 0.05) is 21.7 Å². The number of carbonyl (C=O) groups is 1. The number of aromatic hydroxyl groups is 1. The Balaban J connectivity index is 1.78. The Bertz CT molecular complexity index is 852. The van der Waals surface area contributed by atoms with E-state index < -0.39 is 0 Å². The zero-order valence-corrected chi connectivity index (χ0v) is 14.4. The fraction of sp³-hybridized carbons (Fsp3) is 0.158. The first-order chi connectivity index (χ1) is 11.6. The molecule has 1 amide bonds. The first-order valence-corrected chi connectivity index (χ1v) is 8.55. The zero-order chi connectivity index (χ0) is 17.1. The van der Waals surface area contributed by atoms with Crippen molar-refractivity contribution in [1.29, 1.82) is 0 Å². The first-order valence-electron chi connectivity index (χ1n) is 7.74. The number of benzene rings is 2. The average molecular weight is 338 g/mol. The summed E-state index contributed by atoms with van der Waals surface area (Å²) in [5, 5.41) is 13.1. The van der Waals surface area contributed by atoms with E-state index in [1.807, 2.05) is 19.1 Å². The third-order valence-electron chi connectivity index (χ3n) is 3.67. The van der Waals surface area contributed by atoms with Gasteiger partial charge >= 0.3 is 0 Å². The topological polar surface area (TPSA) is 62.2 Å². The molecular formula is C19H18N2O2S. The van der Waals surface area contributed by atoms with E-state index in [4.69, 9.17) is 0 Å². The summed E-state index contributed by atoms with van der Waals surface area (Å²) in [4.78, 5) is 18.1. The third kappa shape index (κ3) is 3.46. The predicted octanol–water partition coefficient (Wildman–Crippen LogP) is 4.64. The van der Waals surface area contributed by atoms with Crippen LogP contribution >= 0.6 is 11.3 Å². The minimum atomic E-state index is -0.183. The molecule has 0 aliphatic carbocycles. The van der Waals surface area contributed by atoms with Gasteiger partial charge in [-0.05, 0) is 49.7 Å². The van der Waals surface area contributed by atoms with Crippen LogP contribution in [0.5, 0.6) is 5.75 Å². The summed E-state index contributed by atoms with van der Waals surface area (Å²) in [6.45, 7) is 4.13. The van der Waals surface area contributed by atoms with Gasteiger partial charge in [0.2, 0.25) is 0 Å². The summed E-state index contributed by atoms with van der Waals surface area (Å²) in [6.07, 6.45) is 0.948. The van der Waals surface area contributed by atoms with Gasteiger partial charge in [0.05, 0.1) is 10.7 Å². The predicted molar refractivity (Wildman–Crippen MR) is 97.7 cm³/mol. The van der Waals surface area contributed by atoms with Crippen LogP contribution in [0.2, 0.25) is 0 Å². The summed E-state index contributed by atoms with van der Waals surface area (Å²) < 4.78 is 0. The van der Waals surface area contributed by atoms with Crippen LogP contribution in [0.3, 0.4) is 0 Å². The molecular weight excluding hydrogens is 320 g/mol. The summed E-state index contributed by atoms with van der Waals surface area (Å²) in [5.41, 5.74) is 3.25. The number of hydrogen-bond acceptors (Lipinski definition) is 4. The van der Waals surface area contributed by atoms with E-state index in [1.54, 1.807) is 35.6 Å². The minimum Gasteiger partial charge on any atom is -0.508 e. The van der Waals surface area contributed by atoms with E-state index in [9.17, 15) is 9.90 Å². The van der Waals surface area contributed by atoms with Gasteiger partial charge in [-0.2, -0.15) is 0 Å². The Morgan fingerprint density at radius 2 is 1.79 bits per heavy atom. The lowest BCUT2D eigenvalue weighted by atomic mass is 10.1. The highest BCUT2D eigenvalue weighted by atomic mass is 32.1. The second-order valence-corrected chi connectivity index (χ2v) is 6.72. The molecule has 0 radical (unpaired) electrons. The van der Waals surface area contributed by atoms with E-state index in [0.29, 0.717) is 11.3 Å². The molecule has 24 heavy (non-hydrogen) atoms. The van der Waals surface area contributed by atoms with Gasteiger partial charge in [-0.25, -0.2) is 4.98 Å². The molecule has 0 aliphatic heterocycles. The molecule has 4 nitrogen and oxygen atoms in total. The summed E-state index contributed by atoms with van der Waals surface area (Å²) >= 11 is 1.71. The number of rotatable bonds is 4. The fourth-order valence-electron chi connectivity index (χ4n) is 2.46.